The van der Waals surface area contributed by atoms with Crippen molar-refractivity contribution in [3.8, 4) is 16.9 Å². The maximum atomic E-state index is 11.7. The van der Waals surface area contributed by atoms with Gasteiger partial charge in [-0.1, -0.05) is 43.3 Å². The number of anilines is 1. The van der Waals surface area contributed by atoms with E-state index >= 15 is 0 Å². The number of rotatable bonds is 8. The van der Waals surface area contributed by atoms with Crippen molar-refractivity contribution in [1.82, 2.24) is 0 Å². The Bertz CT molecular complexity index is 1340. The van der Waals surface area contributed by atoms with Crippen LogP contribution in [0.2, 0.25) is 0 Å². The standard InChI is InChI=1S/C29H33NO2S.C6H10O2/c1-29(14-16-33(31)17-15-29)21-32-26-12-13-27-24(19-26)7-5-6-23-11-10-22(18-28(23)27)20-30-25-8-3-2-4-9-25;1-2-8-6(7)5-3-4-5/h2-4,8-13,18-19,30H,5-7,14-17,20-21H2,1H3;5H,2-4H2,1H3. The highest BCUT2D eigenvalue weighted by molar-refractivity contribution is 7.85. The Morgan fingerprint density at radius 2 is 1.71 bits per heavy atom. The number of carbonyl (C=O) groups is 1. The van der Waals surface area contributed by atoms with Crippen LogP contribution in [-0.2, 0) is 39.7 Å². The van der Waals surface area contributed by atoms with Crippen molar-refractivity contribution in [3.05, 3.63) is 83.4 Å². The molecule has 6 heteroatoms. The highest BCUT2D eigenvalue weighted by Crippen LogP contribution is 2.37. The molecular formula is C35H43NO4S. The van der Waals surface area contributed by atoms with Crippen LogP contribution in [0.5, 0.6) is 5.75 Å². The molecule has 1 heterocycles. The summed E-state index contributed by atoms with van der Waals surface area (Å²) in [6.07, 6.45) is 7.40. The molecule has 3 aliphatic rings. The second-order valence-electron chi connectivity index (χ2n) is 11.9. The average Bonchev–Trinajstić information content (AvgIpc) is 3.85. The van der Waals surface area contributed by atoms with Gasteiger partial charge in [-0.25, -0.2) is 0 Å². The van der Waals surface area contributed by atoms with E-state index in [0.29, 0.717) is 13.2 Å². The van der Waals surface area contributed by atoms with Crippen LogP contribution in [0, 0.1) is 11.3 Å². The van der Waals surface area contributed by atoms with Crippen molar-refractivity contribution in [2.45, 2.75) is 65.3 Å². The van der Waals surface area contributed by atoms with Crippen molar-refractivity contribution in [2.75, 3.05) is 30.0 Å². The lowest BCUT2D eigenvalue weighted by molar-refractivity contribution is -0.144. The molecule has 0 bridgehead atoms. The topological polar surface area (TPSA) is 64.6 Å². The van der Waals surface area contributed by atoms with Crippen LogP contribution in [0.15, 0.2) is 66.7 Å². The molecule has 1 aliphatic heterocycles. The van der Waals surface area contributed by atoms with Gasteiger partial charge in [0.05, 0.1) is 19.1 Å². The predicted molar refractivity (Wildman–Crippen MR) is 168 cm³/mol. The second kappa shape index (κ2) is 13.7. The zero-order chi connectivity index (χ0) is 28.7. The van der Waals surface area contributed by atoms with E-state index < -0.39 is 10.8 Å². The first-order valence-electron chi connectivity index (χ1n) is 15.1. The Morgan fingerprint density at radius 1 is 0.951 bits per heavy atom. The minimum Gasteiger partial charge on any atom is -0.493 e. The molecule has 1 saturated heterocycles. The number of hydrogen-bond donors (Lipinski definition) is 1. The van der Waals surface area contributed by atoms with E-state index in [1.54, 1.807) is 0 Å². The molecule has 3 aromatic carbocycles. The van der Waals surface area contributed by atoms with Crippen LogP contribution in [0.1, 0.15) is 62.6 Å². The average molecular weight is 574 g/mol. The first-order valence-corrected chi connectivity index (χ1v) is 16.6. The molecule has 41 heavy (non-hydrogen) atoms. The van der Waals surface area contributed by atoms with Gasteiger partial charge in [-0.2, -0.15) is 0 Å². The van der Waals surface area contributed by atoms with Crippen LogP contribution < -0.4 is 10.1 Å². The fourth-order valence-electron chi connectivity index (χ4n) is 5.49. The number of para-hydroxylation sites is 1. The minimum atomic E-state index is -0.635. The van der Waals surface area contributed by atoms with Gasteiger partial charge in [-0.3, -0.25) is 9.00 Å². The van der Waals surface area contributed by atoms with Crippen molar-refractivity contribution in [3.63, 3.8) is 0 Å². The van der Waals surface area contributed by atoms with E-state index in [-0.39, 0.29) is 17.3 Å². The third kappa shape index (κ3) is 8.22. The van der Waals surface area contributed by atoms with Gasteiger partial charge in [-0.05, 0) is 110 Å². The maximum absolute atomic E-state index is 11.7. The molecule has 0 amide bonds. The van der Waals surface area contributed by atoms with Crippen molar-refractivity contribution in [2.24, 2.45) is 11.3 Å². The highest BCUT2D eigenvalue weighted by Gasteiger charge is 2.31. The Kier molecular flexibility index (Phi) is 9.81. The van der Waals surface area contributed by atoms with Crippen molar-refractivity contribution in [1.29, 1.82) is 0 Å². The van der Waals surface area contributed by atoms with E-state index in [2.05, 4.69) is 72.9 Å². The molecule has 0 atom stereocenters. The fourth-order valence-corrected chi connectivity index (χ4v) is 7.13. The van der Waals surface area contributed by atoms with Gasteiger partial charge in [0, 0.05) is 40.0 Å². The number of nitrogens with one attached hydrogen (secondary N) is 1. The van der Waals surface area contributed by atoms with Crippen LogP contribution in [-0.4, -0.2) is 34.9 Å². The summed E-state index contributed by atoms with van der Waals surface area (Å²) in [6, 6.07) is 23.9. The van der Waals surface area contributed by atoms with E-state index in [1.165, 1.54) is 27.8 Å². The fraction of sp³-hybridized carbons (Fsp3) is 0.457. The third-order valence-electron chi connectivity index (χ3n) is 8.35. The molecule has 1 N–H and O–H groups in total. The Hall–Kier alpha value is -3.12. The lowest BCUT2D eigenvalue weighted by Crippen LogP contribution is -2.33. The second-order valence-corrected chi connectivity index (χ2v) is 13.6. The molecular weight excluding hydrogens is 530 g/mol. The summed E-state index contributed by atoms with van der Waals surface area (Å²) >= 11 is 0. The minimum absolute atomic E-state index is 0.00694. The quantitative estimate of drug-likeness (QED) is 0.286. The number of carbonyl (C=O) groups excluding carboxylic acids is 1. The first-order chi connectivity index (χ1) is 19.9. The summed E-state index contributed by atoms with van der Waals surface area (Å²) in [5.74, 6) is 2.83. The zero-order valence-electron chi connectivity index (χ0n) is 24.5. The van der Waals surface area contributed by atoms with Gasteiger partial charge in [0.1, 0.15) is 5.75 Å². The predicted octanol–water partition coefficient (Wildman–Crippen LogP) is 7.34. The first kappa shape index (κ1) is 29.4. The Balaban J connectivity index is 0.000000365. The van der Waals surface area contributed by atoms with E-state index in [1.807, 2.05) is 13.0 Å². The summed E-state index contributed by atoms with van der Waals surface area (Å²) in [5, 5.41) is 3.53. The number of ether oxygens (including phenoxy) is 2. The SMILES string of the molecule is CC1(COc2ccc3c(c2)CCCc2ccc(CNc4ccccc4)cc2-3)CCS(=O)CC1.CCOC(=O)C1CC1. The lowest BCUT2D eigenvalue weighted by atomic mass is 9.85. The van der Waals surface area contributed by atoms with E-state index in [9.17, 15) is 9.00 Å². The van der Waals surface area contributed by atoms with Crippen molar-refractivity contribution >= 4 is 22.5 Å². The van der Waals surface area contributed by atoms with Crippen LogP contribution in [0.4, 0.5) is 5.69 Å². The summed E-state index contributed by atoms with van der Waals surface area (Å²) in [5.41, 5.74) is 8.11. The van der Waals surface area contributed by atoms with E-state index in [4.69, 9.17) is 9.47 Å². The highest BCUT2D eigenvalue weighted by atomic mass is 32.2. The summed E-state index contributed by atoms with van der Waals surface area (Å²) < 4.78 is 22.7. The molecule has 5 nitrogen and oxygen atoms in total. The van der Waals surface area contributed by atoms with Gasteiger partial charge in [0.15, 0.2) is 0 Å². The van der Waals surface area contributed by atoms with Gasteiger partial charge < -0.3 is 14.8 Å². The van der Waals surface area contributed by atoms with Gasteiger partial charge in [0.2, 0.25) is 0 Å². The van der Waals surface area contributed by atoms with Gasteiger partial charge in [-0.15, -0.1) is 0 Å². The molecule has 218 valence electrons. The molecule has 0 unspecified atom stereocenters. The molecule has 2 fully saturated rings. The normalized spacial score (nSPS) is 21.3. The molecule has 1 saturated carbocycles. The monoisotopic (exact) mass is 573 g/mol. The Morgan fingerprint density at radius 3 is 2.44 bits per heavy atom. The molecule has 2 aliphatic carbocycles. The van der Waals surface area contributed by atoms with Crippen LogP contribution in [0.3, 0.4) is 0 Å². The molecule has 0 spiro atoms. The van der Waals surface area contributed by atoms with Gasteiger partial charge >= 0.3 is 5.97 Å². The Labute approximate surface area is 247 Å². The van der Waals surface area contributed by atoms with Crippen LogP contribution in [0.25, 0.3) is 11.1 Å². The van der Waals surface area contributed by atoms with Gasteiger partial charge in [0.25, 0.3) is 0 Å². The summed E-state index contributed by atoms with van der Waals surface area (Å²) in [4.78, 5) is 10.6. The lowest BCUT2D eigenvalue weighted by Gasteiger charge is -2.32. The smallest absolute Gasteiger partial charge is 0.308 e. The maximum Gasteiger partial charge on any atom is 0.308 e. The third-order valence-corrected chi connectivity index (χ3v) is 9.67. The number of fused-ring (bicyclic) bond motifs is 3. The molecule has 6 rings (SSSR count). The van der Waals surface area contributed by atoms with Crippen LogP contribution >= 0.6 is 0 Å². The van der Waals surface area contributed by atoms with Crippen molar-refractivity contribution < 1.29 is 18.5 Å². The molecule has 3 aromatic rings. The summed E-state index contributed by atoms with van der Waals surface area (Å²) in [7, 11) is -0.635. The summed E-state index contributed by atoms with van der Waals surface area (Å²) in [6.45, 7) is 6.15. The molecule has 0 aromatic heterocycles. The van der Waals surface area contributed by atoms with E-state index in [0.717, 1.165) is 74.4 Å². The number of aryl methyl sites for hydroxylation is 2. The molecule has 0 radical (unpaired) electrons. The number of esters is 1. The largest absolute Gasteiger partial charge is 0.493 e. The zero-order valence-corrected chi connectivity index (χ0v) is 25.3. The number of hydrogen-bond acceptors (Lipinski definition) is 5. The number of benzene rings is 3.